The third-order valence-corrected chi connectivity index (χ3v) is 3.19. The molecule has 0 amide bonds. The van der Waals surface area contributed by atoms with Gasteiger partial charge in [0.15, 0.2) is 0 Å². The number of carbonyl (C=O) groups excluding carboxylic acids is 1. The Morgan fingerprint density at radius 2 is 2.07 bits per heavy atom. The molecule has 0 bridgehead atoms. The molecule has 0 aromatic heterocycles. The van der Waals surface area contributed by atoms with Crippen LogP contribution in [0.1, 0.15) is 19.3 Å². The van der Waals surface area contributed by atoms with E-state index in [0.717, 1.165) is 39.0 Å². The number of esters is 1. The van der Waals surface area contributed by atoms with E-state index in [4.69, 9.17) is 9.47 Å². The number of ether oxygens (including phenoxy) is 2. The Balaban J connectivity index is 1.88. The van der Waals surface area contributed by atoms with E-state index < -0.39 is 0 Å². The molecule has 0 aliphatic carbocycles. The van der Waals surface area contributed by atoms with E-state index in [-0.39, 0.29) is 12.0 Å². The van der Waals surface area contributed by atoms with Crippen molar-refractivity contribution in [2.45, 2.75) is 31.3 Å². The summed E-state index contributed by atoms with van der Waals surface area (Å²) in [5.74, 6) is -0.0808. The predicted molar refractivity (Wildman–Crippen MR) is 51.0 cm³/mol. The third-order valence-electron chi connectivity index (χ3n) is 3.19. The molecule has 2 saturated heterocycles. The van der Waals surface area contributed by atoms with Crippen molar-refractivity contribution in [2.75, 3.05) is 26.9 Å². The summed E-state index contributed by atoms with van der Waals surface area (Å²) in [5.41, 5.74) is 0. The molecule has 2 heterocycles. The Morgan fingerprint density at radius 1 is 1.36 bits per heavy atom. The summed E-state index contributed by atoms with van der Waals surface area (Å²) in [6, 6.07) is 0.546. The van der Waals surface area contributed by atoms with Crippen LogP contribution in [0.15, 0.2) is 0 Å². The number of rotatable bonds is 2. The van der Waals surface area contributed by atoms with Crippen LogP contribution >= 0.6 is 0 Å². The molecule has 0 N–H and O–H groups in total. The topological polar surface area (TPSA) is 38.8 Å². The molecule has 0 radical (unpaired) electrons. The molecule has 14 heavy (non-hydrogen) atoms. The molecule has 2 rings (SSSR count). The Bertz CT molecular complexity index is 213. The summed E-state index contributed by atoms with van der Waals surface area (Å²) in [4.78, 5) is 13.6. The van der Waals surface area contributed by atoms with Crippen molar-refractivity contribution in [3.05, 3.63) is 0 Å². The highest BCUT2D eigenvalue weighted by Crippen LogP contribution is 2.26. The first-order valence-electron chi connectivity index (χ1n) is 5.24. The first-order valence-corrected chi connectivity index (χ1v) is 5.24. The van der Waals surface area contributed by atoms with E-state index in [1.807, 2.05) is 0 Å². The van der Waals surface area contributed by atoms with Crippen molar-refractivity contribution >= 4 is 5.97 Å². The summed E-state index contributed by atoms with van der Waals surface area (Å²) in [5, 5.41) is 0. The molecule has 2 aliphatic heterocycles. The van der Waals surface area contributed by atoms with E-state index in [9.17, 15) is 4.79 Å². The van der Waals surface area contributed by atoms with Gasteiger partial charge in [0, 0.05) is 25.8 Å². The molecule has 0 unspecified atom stereocenters. The molecule has 1 atom stereocenters. The third kappa shape index (κ3) is 1.77. The average molecular weight is 199 g/mol. The van der Waals surface area contributed by atoms with Gasteiger partial charge in [0.05, 0.1) is 7.11 Å². The number of carbonyl (C=O) groups is 1. The van der Waals surface area contributed by atoms with E-state index in [0.29, 0.717) is 6.04 Å². The van der Waals surface area contributed by atoms with Gasteiger partial charge in [-0.2, -0.15) is 0 Å². The lowest BCUT2D eigenvalue weighted by Crippen LogP contribution is -2.58. The molecular weight excluding hydrogens is 182 g/mol. The molecule has 2 fully saturated rings. The van der Waals surface area contributed by atoms with Crippen LogP contribution in [0.2, 0.25) is 0 Å². The Morgan fingerprint density at radius 3 is 2.57 bits per heavy atom. The molecule has 0 saturated carbocycles. The van der Waals surface area contributed by atoms with Crippen molar-refractivity contribution in [3.63, 3.8) is 0 Å². The first kappa shape index (κ1) is 9.93. The summed E-state index contributed by atoms with van der Waals surface area (Å²) in [6.45, 7) is 2.69. The maximum Gasteiger partial charge on any atom is 0.323 e. The highest BCUT2D eigenvalue weighted by atomic mass is 16.5. The number of methoxy groups -OCH3 is 1. The van der Waals surface area contributed by atoms with Gasteiger partial charge in [-0.05, 0) is 19.3 Å². The van der Waals surface area contributed by atoms with E-state index in [1.165, 1.54) is 7.11 Å². The van der Waals surface area contributed by atoms with Gasteiger partial charge in [0.2, 0.25) is 0 Å². The average Bonchev–Trinajstić information content (AvgIpc) is 2.17. The van der Waals surface area contributed by atoms with E-state index in [2.05, 4.69) is 4.90 Å². The largest absolute Gasteiger partial charge is 0.468 e. The maximum atomic E-state index is 11.4. The Hall–Kier alpha value is -0.610. The second-order valence-electron chi connectivity index (χ2n) is 3.91. The van der Waals surface area contributed by atoms with Crippen LogP contribution in [-0.4, -0.2) is 49.8 Å². The fourth-order valence-electron chi connectivity index (χ4n) is 2.25. The van der Waals surface area contributed by atoms with Gasteiger partial charge in [-0.15, -0.1) is 0 Å². The van der Waals surface area contributed by atoms with Gasteiger partial charge < -0.3 is 9.47 Å². The quantitative estimate of drug-likeness (QED) is 0.604. The smallest absolute Gasteiger partial charge is 0.323 e. The summed E-state index contributed by atoms with van der Waals surface area (Å²) in [7, 11) is 1.46. The zero-order valence-electron chi connectivity index (χ0n) is 8.57. The lowest BCUT2D eigenvalue weighted by molar-refractivity contribution is -0.155. The zero-order valence-corrected chi connectivity index (χ0v) is 8.57. The van der Waals surface area contributed by atoms with E-state index >= 15 is 0 Å². The van der Waals surface area contributed by atoms with Crippen LogP contribution in [0.5, 0.6) is 0 Å². The van der Waals surface area contributed by atoms with Crippen molar-refractivity contribution in [1.29, 1.82) is 0 Å². The van der Waals surface area contributed by atoms with E-state index in [1.54, 1.807) is 0 Å². The Labute approximate surface area is 84.2 Å². The zero-order chi connectivity index (χ0) is 9.97. The minimum absolute atomic E-state index is 0.0168. The second-order valence-corrected chi connectivity index (χ2v) is 3.91. The van der Waals surface area contributed by atoms with Gasteiger partial charge in [-0.3, -0.25) is 9.69 Å². The first-order chi connectivity index (χ1) is 6.83. The number of hydrogen-bond acceptors (Lipinski definition) is 4. The molecule has 0 spiro atoms. The second kappa shape index (κ2) is 4.28. The summed E-state index contributed by atoms with van der Waals surface area (Å²) < 4.78 is 10.1. The number of hydrogen-bond donors (Lipinski definition) is 0. The highest BCUT2D eigenvalue weighted by Gasteiger charge is 2.39. The van der Waals surface area contributed by atoms with Gasteiger partial charge in [-0.25, -0.2) is 0 Å². The maximum absolute atomic E-state index is 11.4. The normalized spacial score (nSPS) is 29.6. The minimum atomic E-state index is -0.0808. The van der Waals surface area contributed by atoms with Crippen LogP contribution in [0.25, 0.3) is 0 Å². The summed E-state index contributed by atoms with van der Waals surface area (Å²) >= 11 is 0. The molecule has 0 aromatic carbocycles. The van der Waals surface area contributed by atoms with Crippen LogP contribution in [0.3, 0.4) is 0 Å². The Kier molecular flexibility index (Phi) is 3.03. The fraction of sp³-hybridized carbons (Fsp3) is 0.900. The minimum Gasteiger partial charge on any atom is -0.468 e. The summed E-state index contributed by atoms with van der Waals surface area (Å²) in [6.07, 6.45) is 3.05. The lowest BCUT2D eigenvalue weighted by atomic mass is 9.96. The standard InChI is InChI=1S/C10H17NO3/c1-13-10(12)9-2-5-11(9)8-3-6-14-7-4-8/h8-9H,2-7H2,1H3/t9-/m0/s1. The van der Waals surface area contributed by atoms with Gasteiger partial charge in [0.1, 0.15) is 6.04 Å². The molecule has 4 heteroatoms. The number of likely N-dealkylation sites (tertiary alicyclic amines) is 1. The van der Waals surface area contributed by atoms with Crippen LogP contribution in [-0.2, 0) is 14.3 Å². The van der Waals surface area contributed by atoms with Crippen LogP contribution in [0.4, 0.5) is 0 Å². The molecule has 0 aromatic rings. The van der Waals surface area contributed by atoms with Gasteiger partial charge in [0.25, 0.3) is 0 Å². The van der Waals surface area contributed by atoms with Crippen LogP contribution in [0, 0.1) is 0 Å². The van der Waals surface area contributed by atoms with Gasteiger partial charge >= 0.3 is 5.97 Å². The molecule has 80 valence electrons. The molecular formula is C10H17NO3. The molecule has 2 aliphatic rings. The fourth-order valence-corrected chi connectivity index (χ4v) is 2.25. The van der Waals surface area contributed by atoms with Gasteiger partial charge in [-0.1, -0.05) is 0 Å². The van der Waals surface area contributed by atoms with Crippen molar-refractivity contribution in [2.24, 2.45) is 0 Å². The monoisotopic (exact) mass is 199 g/mol. The lowest BCUT2D eigenvalue weighted by Gasteiger charge is -2.45. The van der Waals surface area contributed by atoms with Crippen molar-refractivity contribution in [3.8, 4) is 0 Å². The van der Waals surface area contributed by atoms with Crippen molar-refractivity contribution < 1.29 is 14.3 Å². The van der Waals surface area contributed by atoms with Crippen LogP contribution < -0.4 is 0 Å². The molecule has 4 nitrogen and oxygen atoms in total. The van der Waals surface area contributed by atoms with Crippen molar-refractivity contribution in [1.82, 2.24) is 4.90 Å². The predicted octanol–water partition coefficient (Wildman–Crippen LogP) is 0.413. The highest BCUT2D eigenvalue weighted by molar-refractivity contribution is 5.76. The number of nitrogens with zero attached hydrogens (tertiary/aromatic N) is 1. The SMILES string of the molecule is COC(=O)[C@@H]1CCN1C1CCOCC1.